The number of aromatic nitrogens is 2. The van der Waals surface area contributed by atoms with Gasteiger partial charge in [0.15, 0.2) is 11.6 Å². The van der Waals surface area contributed by atoms with Gasteiger partial charge in [0.1, 0.15) is 5.75 Å². The summed E-state index contributed by atoms with van der Waals surface area (Å²) < 4.78 is 34.7. The zero-order chi connectivity index (χ0) is 28.7. The largest absolute Gasteiger partial charge is 0.497 e. The summed E-state index contributed by atoms with van der Waals surface area (Å²) in [4.78, 5) is 21.3. The molecule has 12 heteroatoms. The Hall–Kier alpha value is -4.26. The highest BCUT2D eigenvalue weighted by atomic mass is 32.2. The number of hydrogen-bond donors (Lipinski definition) is 5. The minimum atomic E-state index is -4.13. The first kappa shape index (κ1) is 28.7. The fraction of sp³-hybridized carbons (Fsp3) is 0.250. The first-order valence-electron chi connectivity index (χ1n) is 12.6. The average Bonchev–Trinajstić information content (AvgIpc) is 2.93. The number of benzene rings is 3. The molecular weight excluding hydrogens is 532 g/mol. The van der Waals surface area contributed by atoms with Gasteiger partial charge in [0.05, 0.1) is 36.2 Å². The van der Waals surface area contributed by atoms with E-state index in [2.05, 4.69) is 30.6 Å². The van der Waals surface area contributed by atoms with Gasteiger partial charge < -0.3 is 25.8 Å². The number of rotatable bonds is 12. The van der Waals surface area contributed by atoms with E-state index in [0.29, 0.717) is 46.2 Å². The number of para-hydroxylation sites is 2. The molecule has 4 rings (SSSR count). The van der Waals surface area contributed by atoms with Crippen LogP contribution in [0.25, 0.3) is 11.0 Å². The van der Waals surface area contributed by atoms with Gasteiger partial charge in [-0.2, -0.15) is 0 Å². The number of anilines is 4. The maximum atomic E-state index is 13.4. The third kappa shape index (κ3) is 7.44. The number of nitrogens with one attached hydrogen (secondary N) is 4. The SMILES string of the molecule is COc1cc(CO)cc(Nc2nc3ccccc3nc2NS(=O)(=O)c2cccc(NC(=O)CNCC(C)C)c2)c1. The Labute approximate surface area is 233 Å². The number of aliphatic hydroxyl groups excluding tert-OH is 1. The van der Waals surface area contributed by atoms with Gasteiger partial charge in [-0.15, -0.1) is 0 Å². The van der Waals surface area contributed by atoms with Crippen molar-refractivity contribution < 1.29 is 23.1 Å². The number of nitrogens with zero attached hydrogens (tertiary/aromatic N) is 2. The van der Waals surface area contributed by atoms with Crippen molar-refractivity contribution in [2.75, 3.05) is 35.6 Å². The molecule has 40 heavy (non-hydrogen) atoms. The van der Waals surface area contributed by atoms with E-state index < -0.39 is 10.0 Å². The Bertz CT molecular complexity index is 1590. The Morgan fingerprint density at radius 3 is 2.35 bits per heavy atom. The van der Waals surface area contributed by atoms with Crippen LogP contribution in [0.3, 0.4) is 0 Å². The lowest BCUT2D eigenvalue weighted by Gasteiger charge is -2.15. The van der Waals surface area contributed by atoms with Crippen LogP contribution in [-0.2, 0) is 21.4 Å². The topological polar surface area (TPSA) is 155 Å². The summed E-state index contributed by atoms with van der Waals surface area (Å²) in [5.74, 6) is 0.740. The Morgan fingerprint density at radius 2 is 1.68 bits per heavy atom. The van der Waals surface area contributed by atoms with Crippen LogP contribution in [0.5, 0.6) is 5.75 Å². The van der Waals surface area contributed by atoms with Crippen molar-refractivity contribution in [1.29, 1.82) is 0 Å². The van der Waals surface area contributed by atoms with E-state index in [1.54, 1.807) is 54.6 Å². The fourth-order valence-electron chi connectivity index (χ4n) is 3.84. The van der Waals surface area contributed by atoms with Crippen molar-refractivity contribution in [2.24, 2.45) is 5.92 Å². The van der Waals surface area contributed by atoms with Gasteiger partial charge in [0.25, 0.3) is 10.0 Å². The lowest BCUT2D eigenvalue weighted by atomic mass is 10.2. The van der Waals surface area contributed by atoms with Crippen LogP contribution in [-0.4, -0.2) is 49.6 Å². The van der Waals surface area contributed by atoms with Crippen molar-refractivity contribution in [2.45, 2.75) is 25.3 Å². The van der Waals surface area contributed by atoms with E-state index >= 15 is 0 Å². The maximum Gasteiger partial charge on any atom is 0.263 e. The molecule has 0 bridgehead atoms. The lowest BCUT2D eigenvalue weighted by molar-refractivity contribution is -0.115. The molecule has 11 nitrogen and oxygen atoms in total. The van der Waals surface area contributed by atoms with Crippen LogP contribution in [0.1, 0.15) is 19.4 Å². The van der Waals surface area contributed by atoms with E-state index in [1.807, 2.05) is 13.8 Å². The molecule has 0 radical (unpaired) electrons. The molecular formula is C28H32N6O5S. The number of aliphatic hydroxyl groups is 1. The zero-order valence-corrected chi connectivity index (χ0v) is 23.2. The van der Waals surface area contributed by atoms with Crippen molar-refractivity contribution in [3.8, 4) is 5.75 Å². The highest BCUT2D eigenvalue weighted by Gasteiger charge is 2.20. The molecule has 0 aliphatic rings. The van der Waals surface area contributed by atoms with Gasteiger partial charge in [-0.05, 0) is 60.5 Å². The molecule has 1 amide bonds. The van der Waals surface area contributed by atoms with Gasteiger partial charge in [-0.25, -0.2) is 18.4 Å². The van der Waals surface area contributed by atoms with Crippen molar-refractivity contribution in [3.05, 3.63) is 72.3 Å². The van der Waals surface area contributed by atoms with Gasteiger partial charge in [-0.1, -0.05) is 32.0 Å². The molecule has 1 aromatic heterocycles. The van der Waals surface area contributed by atoms with Gasteiger partial charge >= 0.3 is 0 Å². The number of sulfonamides is 1. The molecule has 1 heterocycles. The molecule has 0 saturated heterocycles. The second-order valence-corrected chi connectivity index (χ2v) is 11.2. The molecule has 0 saturated carbocycles. The van der Waals surface area contributed by atoms with Gasteiger partial charge in [-0.3, -0.25) is 9.52 Å². The first-order chi connectivity index (χ1) is 19.2. The zero-order valence-electron chi connectivity index (χ0n) is 22.4. The summed E-state index contributed by atoms with van der Waals surface area (Å²) in [6.07, 6.45) is 0. The number of carbonyl (C=O) groups is 1. The summed E-state index contributed by atoms with van der Waals surface area (Å²) >= 11 is 0. The number of hydrogen-bond acceptors (Lipinski definition) is 9. The molecule has 0 fully saturated rings. The smallest absolute Gasteiger partial charge is 0.263 e. The molecule has 4 aromatic rings. The molecule has 0 aliphatic heterocycles. The quantitative estimate of drug-likeness (QED) is 0.173. The Morgan fingerprint density at radius 1 is 0.950 bits per heavy atom. The molecule has 210 valence electrons. The molecule has 0 atom stereocenters. The molecule has 0 aliphatic carbocycles. The van der Waals surface area contributed by atoms with E-state index in [1.165, 1.54) is 19.2 Å². The standard InChI is InChI=1S/C28H32N6O5S/c1-18(2)15-29-16-26(36)30-20-7-6-8-23(14-20)40(37,38)34-28-27(32-24-9-4-5-10-25(24)33-28)31-21-11-19(17-35)12-22(13-21)39-3/h4-14,18,29,35H,15-17H2,1-3H3,(H,30,36)(H,31,32)(H,33,34). The monoisotopic (exact) mass is 564 g/mol. The van der Waals surface area contributed by atoms with Crippen LogP contribution in [0.4, 0.5) is 23.0 Å². The summed E-state index contributed by atoms with van der Waals surface area (Å²) in [5.41, 5.74) is 2.49. The Balaban J connectivity index is 1.63. The summed E-state index contributed by atoms with van der Waals surface area (Å²) in [7, 11) is -2.62. The molecule has 5 N–H and O–H groups in total. The van der Waals surface area contributed by atoms with E-state index in [-0.39, 0.29) is 35.6 Å². The molecule has 0 unspecified atom stereocenters. The highest BCUT2D eigenvalue weighted by molar-refractivity contribution is 7.92. The van der Waals surface area contributed by atoms with Crippen LogP contribution < -0.4 is 25.4 Å². The average molecular weight is 565 g/mol. The minimum Gasteiger partial charge on any atom is -0.497 e. The van der Waals surface area contributed by atoms with E-state index in [4.69, 9.17) is 4.74 Å². The van der Waals surface area contributed by atoms with Crippen LogP contribution in [0.2, 0.25) is 0 Å². The second-order valence-electron chi connectivity index (χ2n) is 9.47. The number of ether oxygens (including phenoxy) is 1. The van der Waals surface area contributed by atoms with Gasteiger partial charge in [0, 0.05) is 17.4 Å². The number of methoxy groups -OCH3 is 1. The lowest BCUT2D eigenvalue weighted by Crippen LogP contribution is -2.30. The number of fused-ring (bicyclic) bond motifs is 1. The predicted molar refractivity (Wildman–Crippen MR) is 155 cm³/mol. The number of amides is 1. The number of carbonyl (C=O) groups excluding carboxylic acids is 1. The summed E-state index contributed by atoms with van der Waals surface area (Å²) in [6.45, 7) is 4.66. The van der Waals surface area contributed by atoms with E-state index in [0.717, 1.165) is 0 Å². The Kier molecular flexibility index (Phi) is 9.15. The van der Waals surface area contributed by atoms with Crippen LogP contribution >= 0.6 is 0 Å². The van der Waals surface area contributed by atoms with Gasteiger partial charge in [0.2, 0.25) is 5.91 Å². The minimum absolute atomic E-state index is 0.0283. The third-order valence-electron chi connectivity index (χ3n) is 5.72. The summed E-state index contributed by atoms with van der Waals surface area (Å²) in [5, 5.41) is 18.5. The summed E-state index contributed by atoms with van der Waals surface area (Å²) in [6, 6.07) is 18.1. The molecule has 3 aromatic carbocycles. The highest BCUT2D eigenvalue weighted by Crippen LogP contribution is 2.30. The van der Waals surface area contributed by atoms with Crippen LogP contribution in [0, 0.1) is 5.92 Å². The van der Waals surface area contributed by atoms with Crippen molar-refractivity contribution in [3.63, 3.8) is 0 Å². The predicted octanol–water partition coefficient (Wildman–Crippen LogP) is 3.86. The van der Waals surface area contributed by atoms with E-state index in [9.17, 15) is 18.3 Å². The van der Waals surface area contributed by atoms with Crippen LogP contribution in [0.15, 0.2) is 71.6 Å². The molecule has 0 spiro atoms. The van der Waals surface area contributed by atoms with Crippen molar-refractivity contribution in [1.82, 2.24) is 15.3 Å². The second kappa shape index (κ2) is 12.7. The maximum absolute atomic E-state index is 13.4. The first-order valence-corrected chi connectivity index (χ1v) is 14.1. The normalized spacial score (nSPS) is 11.4. The fourth-order valence-corrected chi connectivity index (χ4v) is 4.90. The van der Waals surface area contributed by atoms with Crippen molar-refractivity contribution >= 4 is 50.0 Å². The third-order valence-corrected chi connectivity index (χ3v) is 7.05.